The zero-order valence-electron chi connectivity index (χ0n) is 12.6. The number of nitrogens with zero attached hydrogens (tertiary/aromatic N) is 2. The number of hydrogen-bond donors (Lipinski definition) is 0. The number of pyridine rings is 1. The summed E-state index contributed by atoms with van der Waals surface area (Å²) in [7, 11) is 1.27. The Hall–Kier alpha value is -1.98. The van der Waals surface area contributed by atoms with E-state index in [0.29, 0.717) is 6.54 Å². The molecule has 1 heterocycles. The van der Waals surface area contributed by atoms with E-state index in [2.05, 4.69) is 9.72 Å². The molecule has 0 aromatic carbocycles. The van der Waals surface area contributed by atoms with Crippen LogP contribution in [-0.4, -0.2) is 42.0 Å². The van der Waals surface area contributed by atoms with E-state index in [0.717, 1.165) is 18.9 Å². The molecule has 0 radical (unpaired) electrons. The van der Waals surface area contributed by atoms with E-state index in [9.17, 15) is 14.0 Å². The Morgan fingerprint density at radius 3 is 2.57 bits per heavy atom. The first-order valence-corrected chi connectivity index (χ1v) is 6.99. The topological polar surface area (TPSA) is 59.5 Å². The molecule has 21 heavy (non-hydrogen) atoms. The van der Waals surface area contributed by atoms with Gasteiger partial charge in [-0.15, -0.1) is 0 Å². The first kappa shape index (κ1) is 17.1. The molecule has 0 saturated heterocycles. The summed E-state index contributed by atoms with van der Waals surface area (Å²) in [5.41, 5.74) is 0.178. The third-order valence-corrected chi connectivity index (χ3v) is 3.44. The van der Waals surface area contributed by atoms with Gasteiger partial charge >= 0.3 is 5.97 Å². The molecule has 0 fully saturated rings. The molecule has 0 aliphatic heterocycles. The second kappa shape index (κ2) is 8.34. The molecular formula is C15H21FN2O3. The van der Waals surface area contributed by atoms with E-state index in [1.165, 1.54) is 24.3 Å². The van der Waals surface area contributed by atoms with Crippen molar-refractivity contribution >= 4 is 11.9 Å². The lowest BCUT2D eigenvalue weighted by molar-refractivity contribution is -0.141. The lowest BCUT2D eigenvalue weighted by Crippen LogP contribution is -2.39. The molecule has 6 heteroatoms. The number of hydrogen-bond acceptors (Lipinski definition) is 4. The van der Waals surface area contributed by atoms with Crippen molar-refractivity contribution in [2.75, 3.05) is 20.2 Å². The van der Waals surface area contributed by atoms with Gasteiger partial charge in [-0.25, -0.2) is 4.98 Å². The van der Waals surface area contributed by atoms with E-state index in [4.69, 9.17) is 0 Å². The van der Waals surface area contributed by atoms with Crippen LogP contribution in [0.15, 0.2) is 18.3 Å². The fraction of sp³-hybridized carbons (Fsp3) is 0.533. The largest absolute Gasteiger partial charge is 0.468 e. The molecule has 0 aliphatic rings. The molecule has 0 aliphatic carbocycles. The molecule has 0 saturated carbocycles. The molecule has 0 N–H and O–H groups in total. The highest BCUT2D eigenvalue weighted by atomic mass is 19.1. The molecule has 0 bridgehead atoms. The van der Waals surface area contributed by atoms with Crippen molar-refractivity contribution in [3.63, 3.8) is 0 Å². The smallest absolute Gasteiger partial charge is 0.325 e. The standard InChI is InChI=1S/C15H21FN2O3/c1-4-11(5-2)9-18(10-14(19)21-3)15(20)12-6-7-17-13(16)8-12/h6-8,11H,4-5,9-10H2,1-3H3. The summed E-state index contributed by atoms with van der Waals surface area (Å²) in [6.07, 6.45) is 3.02. The number of rotatable bonds is 7. The van der Waals surface area contributed by atoms with Crippen molar-refractivity contribution in [1.29, 1.82) is 0 Å². The van der Waals surface area contributed by atoms with Crippen LogP contribution in [0.2, 0.25) is 0 Å². The Morgan fingerprint density at radius 1 is 1.38 bits per heavy atom. The lowest BCUT2D eigenvalue weighted by Gasteiger charge is -2.25. The van der Waals surface area contributed by atoms with E-state index in [-0.39, 0.29) is 18.0 Å². The summed E-state index contributed by atoms with van der Waals surface area (Å²) in [6, 6.07) is 2.50. The highest BCUT2D eigenvalue weighted by Crippen LogP contribution is 2.13. The number of ether oxygens (including phenoxy) is 1. The van der Waals surface area contributed by atoms with E-state index < -0.39 is 17.8 Å². The maximum absolute atomic E-state index is 13.1. The minimum atomic E-state index is -0.721. The van der Waals surface area contributed by atoms with Crippen molar-refractivity contribution in [2.24, 2.45) is 5.92 Å². The summed E-state index contributed by atoms with van der Waals surface area (Å²) >= 11 is 0. The summed E-state index contributed by atoms with van der Waals surface area (Å²) in [5.74, 6) is -1.33. The van der Waals surface area contributed by atoms with Crippen LogP contribution in [0.1, 0.15) is 37.0 Å². The minimum Gasteiger partial charge on any atom is -0.468 e. The number of amides is 1. The van der Waals surface area contributed by atoms with Gasteiger partial charge in [-0.05, 0) is 12.0 Å². The zero-order chi connectivity index (χ0) is 15.8. The maximum atomic E-state index is 13.1. The molecular weight excluding hydrogens is 275 g/mol. The molecule has 0 atom stereocenters. The van der Waals surface area contributed by atoms with Crippen molar-refractivity contribution in [1.82, 2.24) is 9.88 Å². The van der Waals surface area contributed by atoms with Crippen LogP contribution in [0.4, 0.5) is 4.39 Å². The second-order valence-corrected chi connectivity index (χ2v) is 4.81. The average molecular weight is 296 g/mol. The predicted octanol–water partition coefficient (Wildman–Crippen LogP) is 2.27. The van der Waals surface area contributed by atoms with Gasteiger partial charge in [0.15, 0.2) is 0 Å². The summed E-state index contributed by atoms with van der Waals surface area (Å²) in [4.78, 5) is 28.7. The van der Waals surface area contributed by atoms with Crippen LogP contribution in [-0.2, 0) is 9.53 Å². The van der Waals surface area contributed by atoms with Gasteiger partial charge in [0.05, 0.1) is 7.11 Å². The summed E-state index contributed by atoms with van der Waals surface area (Å²) in [5, 5.41) is 0. The van der Waals surface area contributed by atoms with Gasteiger partial charge in [-0.1, -0.05) is 26.7 Å². The number of halogens is 1. The van der Waals surface area contributed by atoms with Crippen molar-refractivity contribution in [3.05, 3.63) is 29.8 Å². The van der Waals surface area contributed by atoms with Crippen molar-refractivity contribution in [3.8, 4) is 0 Å². The highest BCUT2D eigenvalue weighted by Gasteiger charge is 2.22. The first-order valence-electron chi connectivity index (χ1n) is 6.99. The van der Waals surface area contributed by atoms with Crippen LogP contribution < -0.4 is 0 Å². The number of carbonyl (C=O) groups excluding carboxylic acids is 2. The lowest BCUT2D eigenvalue weighted by atomic mass is 10.0. The molecule has 0 spiro atoms. The Labute approximate surface area is 124 Å². The van der Waals surface area contributed by atoms with Gasteiger partial charge in [-0.2, -0.15) is 4.39 Å². The minimum absolute atomic E-state index is 0.143. The number of aromatic nitrogens is 1. The molecule has 0 unspecified atom stereocenters. The number of carbonyl (C=O) groups is 2. The Morgan fingerprint density at radius 2 is 2.05 bits per heavy atom. The van der Waals surface area contributed by atoms with Gasteiger partial charge in [-0.3, -0.25) is 9.59 Å². The number of esters is 1. The third kappa shape index (κ3) is 5.13. The van der Waals surface area contributed by atoms with Crippen LogP contribution in [0.5, 0.6) is 0 Å². The molecule has 1 rings (SSSR count). The number of methoxy groups -OCH3 is 1. The molecule has 116 valence electrons. The normalized spacial score (nSPS) is 10.5. The van der Waals surface area contributed by atoms with Gasteiger partial charge in [0.25, 0.3) is 5.91 Å². The van der Waals surface area contributed by atoms with E-state index in [1.807, 2.05) is 13.8 Å². The fourth-order valence-corrected chi connectivity index (χ4v) is 2.02. The highest BCUT2D eigenvalue weighted by molar-refractivity contribution is 5.95. The van der Waals surface area contributed by atoms with Gasteiger partial charge in [0.2, 0.25) is 5.95 Å². The Balaban J connectivity index is 2.93. The monoisotopic (exact) mass is 296 g/mol. The molecule has 1 amide bonds. The molecule has 5 nitrogen and oxygen atoms in total. The molecule has 1 aromatic rings. The third-order valence-electron chi connectivity index (χ3n) is 3.44. The van der Waals surface area contributed by atoms with Gasteiger partial charge in [0, 0.05) is 24.4 Å². The SMILES string of the molecule is CCC(CC)CN(CC(=O)OC)C(=O)c1ccnc(F)c1. The molecule has 1 aromatic heterocycles. The van der Waals surface area contributed by atoms with E-state index in [1.54, 1.807) is 0 Å². The van der Waals surface area contributed by atoms with E-state index >= 15 is 0 Å². The van der Waals surface area contributed by atoms with Gasteiger partial charge in [0.1, 0.15) is 6.54 Å². The first-order chi connectivity index (χ1) is 10.0. The summed E-state index contributed by atoms with van der Waals surface area (Å²) in [6.45, 7) is 4.35. The van der Waals surface area contributed by atoms with Crippen molar-refractivity contribution < 1.29 is 18.7 Å². The Bertz CT molecular complexity index is 490. The zero-order valence-corrected chi connectivity index (χ0v) is 12.6. The summed E-state index contributed by atoms with van der Waals surface area (Å²) < 4.78 is 17.8. The second-order valence-electron chi connectivity index (χ2n) is 4.81. The average Bonchev–Trinajstić information content (AvgIpc) is 2.50. The van der Waals surface area contributed by atoms with Crippen LogP contribution in [0.3, 0.4) is 0 Å². The Kier molecular flexibility index (Phi) is 6.78. The maximum Gasteiger partial charge on any atom is 0.325 e. The predicted molar refractivity (Wildman–Crippen MR) is 76.2 cm³/mol. The quantitative estimate of drug-likeness (QED) is 0.572. The van der Waals surface area contributed by atoms with Gasteiger partial charge < -0.3 is 9.64 Å². The van der Waals surface area contributed by atoms with Crippen molar-refractivity contribution in [2.45, 2.75) is 26.7 Å². The van der Waals surface area contributed by atoms with Crippen LogP contribution >= 0.6 is 0 Å². The van der Waals surface area contributed by atoms with Crippen LogP contribution in [0.25, 0.3) is 0 Å². The fourth-order valence-electron chi connectivity index (χ4n) is 2.02. The van der Waals surface area contributed by atoms with Crippen LogP contribution in [0, 0.1) is 11.9 Å².